The highest BCUT2D eigenvalue weighted by Gasteiger charge is 2.21. The standard InChI is InChI=1S/C13H19NO4/c15-8-11-4-2-1-3-5-14(11)7-12-6-10(9-18-12)13(16)17/h6,9,11,15H,1-5,7-8H2,(H,16,17). The van der Waals surface area contributed by atoms with Crippen LogP contribution >= 0.6 is 0 Å². The first-order valence-corrected chi connectivity index (χ1v) is 6.36. The van der Waals surface area contributed by atoms with Gasteiger partial charge in [0.15, 0.2) is 0 Å². The van der Waals surface area contributed by atoms with Gasteiger partial charge in [0.1, 0.15) is 12.0 Å². The van der Waals surface area contributed by atoms with Crippen LogP contribution in [0.3, 0.4) is 0 Å². The van der Waals surface area contributed by atoms with Gasteiger partial charge in [0.25, 0.3) is 0 Å². The Kier molecular flexibility index (Phi) is 4.38. The molecule has 1 aliphatic rings. The number of aliphatic hydroxyl groups is 1. The fourth-order valence-corrected chi connectivity index (χ4v) is 2.43. The van der Waals surface area contributed by atoms with Gasteiger partial charge >= 0.3 is 5.97 Å². The summed E-state index contributed by atoms with van der Waals surface area (Å²) in [6.45, 7) is 1.64. The molecule has 5 heteroatoms. The van der Waals surface area contributed by atoms with Crippen molar-refractivity contribution in [2.45, 2.75) is 38.3 Å². The Labute approximate surface area is 106 Å². The molecule has 1 aromatic heterocycles. The number of hydrogen-bond donors (Lipinski definition) is 2. The third kappa shape index (κ3) is 3.11. The molecule has 0 spiro atoms. The molecule has 1 unspecified atom stereocenters. The van der Waals surface area contributed by atoms with Gasteiger partial charge in [-0.2, -0.15) is 0 Å². The molecule has 18 heavy (non-hydrogen) atoms. The molecule has 1 aliphatic heterocycles. The fourth-order valence-electron chi connectivity index (χ4n) is 2.43. The molecule has 1 saturated heterocycles. The van der Waals surface area contributed by atoms with Crippen LogP contribution in [-0.4, -0.2) is 40.3 Å². The number of carboxylic acid groups (broad SMARTS) is 1. The van der Waals surface area contributed by atoms with Crippen LogP contribution in [0.1, 0.15) is 41.8 Å². The van der Waals surface area contributed by atoms with Crippen LogP contribution < -0.4 is 0 Å². The van der Waals surface area contributed by atoms with Gasteiger partial charge in [-0.25, -0.2) is 4.79 Å². The van der Waals surface area contributed by atoms with Gasteiger partial charge in [0, 0.05) is 6.04 Å². The normalized spacial score (nSPS) is 21.7. The van der Waals surface area contributed by atoms with E-state index < -0.39 is 5.97 Å². The lowest BCUT2D eigenvalue weighted by Crippen LogP contribution is -2.36. The predicted octanol–water partition coefficient (Wildman–Crippen LogP) is 1.71. The van der Waals surface area contributed by atoms with Gasteiger partial charge in [0.05, 0.1) is 18.7 Å². The Balaban J connectivity index is 2.02. The first-order valence-electron chi connectivity index (χ1n) is 6.36. The van der Waals surface area contributed by atoms with Crippen molar-refractivity contribution in [2.24, 2.45) is 0 Å². The number of aliphatic hydroxyl groups excluding tert-OH is 1. The summed E-state index contributed by atoms with van der Waals surface area (Å²) in [5.74, 6) is -0.327. The molecule has 0 aromatic carbocycles. The number of aromatic carboxylic acids is 1. The molecule has 0 bridgehead atoms. The van der Waals surface area contributed by atoms with Crippen LogP contribution in [0.5, 0.6) is 0 Å². The zero-order valence-electron chi connectivity index (χ0n) is 10.3. The molecular formula is C13H19NO4. The van der Waals surface area contributed by atoms with Crippen molar-refractivity contribution in [3.63, 3.8) is 0 Å². The lowest BCUT2D eigenvalue weighted by molar-refractivity contribution is 0.0696. The number of nitrogens with zero attached hydrogens (tertiary/aromatic N) is 1. The molecule has 2 rings (SSSR count). The molecular weight excluding hydrogens is 234 g/mol. The summed E-state index contributed by atoms with van der Waals surface area (Å²) in [4.78, 5) is 12.9. The Bertz CT molecular complexity index is 401. The highest BCUT2D eigenvalue weighted by molar-refractivity contribution is 5.87. The van der Waals surface area contributed by atoms with Crippen LogP contribution in [0.2, 0.25) is 0 Å². The molecule has 0 radical (unpaired) electrons. The summed E-state index contributed by atoms with van der Waals surface area (Å²) in [6, 6.07) is 1.72. The average molecular weight is 253 g/mol. The highest BCUT2D eigenvalue weighted by Crippen LogP contribution is 2.20. The second-order valence-corrected chi connectivity index (χ2v) is 4.76. The first-order chi connectivity index (χ1) is 8.70. The van der Waals surface area contributed by atoms with Crippen molar-refractivity contribution in [3.8, 4) is 0 Å². The quantitative estimate of drug-likeness (QED) is 0.854. The predicted molar refractivity (Wildman–Crippen MR) is 65.4 cm³/mol. The summed E-state index contributed by atoms with van der Waals surface area (Å²) in [5.41, 5.74) is 0.181. The van der Waals surface area contributed by atoms with Crippen LogP contribution in [0.25, 0.3) is 0 Å². The maximum Gasteiger partial charge on any atom is 0.338 e. The Morgan fingerprint density at radius 1 is 1.44 bits per heavy atom. The van der Waals surface area contributed by atoms with Gasteiger partial charge in [-0.1, -0.05) is 12.8 Å². The van der Waals surface area contributed by atoms with Crippen molar-refractivity contribution in [1.29, 1.82) is 0 Å². The Hall–Kier alpha value is -1.33. The van der Waals surface area contributed by atoms with E-state index in [4.69, 9.17) is 9.52 Å². The second kappa shape index (κ2) is 6.02. The van der Waals surface area contributed by atoms with E-state index in [1.54, 1.807) is 6.07 Å². The highest BCUT2D eigenvalue weighted by atomic mass is 16.4. The maximum absolute atomic E-state index is 10.8. The molecule has 2 N–H and O–H groups in total. The molecule has 100 valence electrons. The maximum atomic E-state index is 10.8. The van der Waals surface area contributed by atoms with Gasteiger partial charge < -0.3 is 14.6 Å². The summed E-state index contributed by atoms with van der Waals surface area (Å²) in [5, 5.41) is 18.2. The average Bonchev–Trinajstić information content (AvgIpc) is 2.70. The topological polar surface area (TPSA) is 73.9 Å². The van der Waals surface area contributed by atoms with E-state index in [2.05, 4.69) is 4.90 Å². The number of furan rings is 1. The Morgan fingerprint density at radius 3 is 2.94 bits per heavy atom. The number of carbonyl (C=O) groups is 1. The van der Waals surface area contributed by atoms with Crippen molar-refractivity contribution in [1.82, 2.24) is 4.90 Å². The second-order valence-electron chi connectivity index (χ2n) is 4.76. The minimum absolute atomic E-state index is 0.145. The lowest BCUT2D eigenvalue weighted by atomic mass is 10.1. The largest absolute Gasteiger partial charge is 0.478 e. The number of likely N-dealkylation sites (tertiary alicyclic amines) is 1. The van der Waals surface area contributed by atoms with E-state index in [0.717, 1.165) is 25.8 Å². The first kappa shape index (κ1) is 13.1. The summed E-state index contributed by atoms with van der Waals surface area (Å²) in [6.07, 6.45) is 5.70. The molecule has 0 aliphatic carbocycles. The molecule has 5 nitrogen and oxygen atoms in total. The van der Waals surface area contributed by atoms with Crippen molar-refractivity contribution >= 4 is 5.97 Å². The van der Waals surface area contributed by atoms with Crippen molar-refractivity contribution < 1.29 is 19.4 Å². The monoisotopic (exact) mass is 253 g/mol. The third-order valence-corrected chi connectivity index (χ3v) is 3.47. The van der Waals surface area contributed by atoms with Crippen molar-refractivity contribution in [3.05, 3.63) is 23.7 Å². The Morgan fingerprint density at radius 2 is 2.28 bits per heavy atom. The van der Waals surface area contributed by atoms with E-state index in [-0.39, 0.29) is 18.2 Å². The van der Waals surface area contributed by atoms with Gasteiger partial charge in [0.2, 0.25) is 0 Å². The molecule has 0 saturated carbocycles. The van der Waals surface area contributed by atoms with Crippen LogP contribution in [0.15, 0.2) is 16.7 Å². The number of carboxylic acids is 1. The van der Waals surface area contributed by atoms with E-state index >= 15 is 0 Å². The summed E-state index contributed by atoms with van der Waals surface area (Å²) < 4.78 is 5.26. The third-order valence-electron chi connectivity index (χ3n) is 3.47. The minimum atomic E-state index is -0.973. The minimum Gasteiger partial charge on any atom is -0.478 e. The number of rotatable bonds is 4. The van der Waals surface area contributed by atoms with Crippen molar-refractivity contribution in [2.75, 3.05) is 13.2 Å². The molecule has 2 heterocycles. The smallest absolute Gasteiger partial charge is 0.338 e. The SMILES string of the molecule is O=C(O)c1coc(CN2CCCCCC2CO)c1. The van der Waals surface area contributed by atoms with Gasteiger partial charge in [-0.3, -0.25) is 4.90 Å². The zero-order chi connectivity index (χ0) is 13.0. The van der Waals surface area contributed by atoms with E-state index in [1.165, 1.54) is 12.7 Å². The van der Waals surface area contributed by atoms with Crippen LogP contribution in [0, 0.1) is 0 Å². The van der Waals surface area contributed by atoms with Crippen LogP contribution in [0.4, 0.5) is 0 Å². The fraction of sp³-hybridized carbons (Fsp3) is 0.615. The zero-order valence-corrected chi connectivity index (χ0v) is 10.3. The van der Waals surface area contributed by atoms with Gasteiger partial charge in [-0.15, -0.1) is 0 Å². The number of hydrogen-bond acceptors (Lipinski definition) is 4. The van der Waals surface area contributed by atoms with E-state index in [1.807, 2.05) is 0 Å². The summed E-state index contributed by atoms with van der Waals surface area (Å²) in [7, 11) is 0. The lowest BCUT2D eigenvalue weighted by Gasteiger charge is -2.27. The van der Waals surface area contributed by atoms with E-state index in [9.17, 15) is 9.90 Å². The molecule has 1 aromatic rings. The van der Waals surface area contributed by atoms with Crippen LogP contribution in [-0.2, 0) is 6.54 Å². The molecule has 0 amide bonds. The van der Waals surface area contributed by atoms with E-state index in [0.29, 0.717) is 12.3 Å². The summed E-state index contributed by atoms with van der Waals surface area (Å²) >= 11 is 0. The molecule has 1 atom stereocenters. The molecule has 1 fully saturated rings. The van der Waals surface area contributed by atoms with Gasteiger partial charge in [-0.05, 0) is 25.5 Å².